The summed E-state index contributed by atoms with van der Waals surface area (Å²) in [6.07, 6.45) is 3.74. The maximum absolute atomic E-state index is 13.7. The highest BCUT2D eigenvalue weighted by atomic mass is 32.2. The number of aromatic nitrogens is 2. The number of carbonyl (C=O) groups excluding carboxylic acids is 3. The van der Waals surface area contributed by atoms with Crippen molar-refractivity contribution in [2.24, 2.45) is 11.8 Å². The van der Waals surface area contributed by atoms with Crippen LogP contribution in [0.25, 0.3) is 0 Å². The number of aliphatic carboxylic acids is 1. The van der Waals surface area contributed by atoms with Crippen molar-refractivity contribution in [3.63, 3.8) is 0 Å². The molecule has 3 amide bonds. The Bertz CT molecular complexity index is 1560. The summed E-state index contributed by atoms with van der Waals surface area (Å²) in [7, 11) is 0. The Morgan fingerprint density at radius 2 is 1.91 bits per heavy atom. The van der Waals surface area contributed by atoms with E-state index in [2.05, 4.69) is 4.98 Å². The number of aliphatic hydroxyl groups excluding tert-OH is 1. The molecule has 5 heterocycles. The second-order valence-corrected chi connectivity index (χ2v) is 13.1. The van der Waals surface area contributed by atoms with Gasteiger partial charge in [0.05, 0.1) is 35.4 Å². The Balaban J connectivity index is 1.19. The normalized spacial score (nSPS) is 26.8. The number of carboxylic acids is 1. The lowest BCUT2D eigenvalue weighted by atomic mass is 9.79. The van der Waals surface area contributed by atoms with Crippen LogP contribution in [0.3, 0.4) is 0 Å². The number of hydrogen-bond donors (Lipinski definition) is 2. The minimum Gasteiger partial charge on any atom is -0.477 e. The van der Waals surface area contributed by atoms with Gasteiger partial charge in [-0.2, -0.15) is 0 Å². The molecule has 45 heavy (non-hydrogen) atoms. The van der Waals surface area contributed by atoms with Crippen molar-refractivity contribution in [3.05, 3.63) is 69.3 Å². The first-order valence-electron chi connectivity index (χ1n) is 14.5. The molecule has 238 valence electrons. The highest BCUT2D eigenvalue weighted by Crippen LogP contribution is 2.52. The number of benzene rings is 1. The lowest BCUT2D eigenvalue weighted by Gasteiger charge is -2.46. The molecule has 1 aromatic heterocycles. The molecule has 4 aliphatic heterocycles. The summed E-state index contributed by atoms with van der Waals surface area (Å²) in [5.74, 6) is -2.99. The van der Waals surface area contributed by atoms with Crippen LogP contribution < -0.4 is 0 Å². The number of hydrogen-bond acceptors (Lipinski definition) is 10. The molecule has 0 spiro atoms. The van der Waals surface area contributed by atoms with Crippen LogP contribution in [0.4, 0.5) is 10.5 Å². The van der Waals surface area contributed by atoms with E-state index in [1.165, 1.54) is 52.8 Å². The Labute approximate surface area is 261 Å². The fraction of sp³-hybridized carbons (Fsp3) is 0.483. The number of nitro benzene ring substituents is 1. The Morgan fingerprint density at radius 3 is 2.51 bits per heavy atom. The third-order valence-corrected chi connectivity index (χ3v) is 10.5. The van der Waals surface area contributed by atoms with E-state index in [0.717, 1.165) is 0 Å². The molecule has 0 bridgehead atoms. The van der Waals surface area contributed by atoms with E-state index >= 15 is 0 Å². The molecule has 0 aliphatic carbocycles. The topological polar surface area (TPSA) is 189 Å². The molecular weight excluding hydrogens is 608 g/mol. The van der Waals surface area contributed by atoms with Crippen LogP contribution in [-0.2, 0) is 25.7 Å². The van der Waals surface area contributed by atoms with E-state index in [0.29, 0.717) is 23.6 Å². The van der Waals surface area contributed by atoms with Crippen molar-refractivity contribution in [3.8, 4) is 0 Å². The van der Waals surface area contributed by atoms with E-state index in [-0.39, 0.29) is 54.1 Å². The lowest BCUT2D eigenvalue weighted by molar-refractivity contribution is -0.384. The summed E-state index contributed by atoms with van der Waals surface area (Å²) in [5.41, 5.74) is 0.319. The van der Waals surface area contributed by atoms with Crippen molar-refractivity contribution in [2.75, 3.05) is 19.6 Å². The number of aliphatic hydroxyl groups is 1. The predicted molar refractivity (Wildman–Crippen MR) is 157 cm³/mol. The number of amides is 3. The van der Waals surface area contributed by atoms with E-state index < -0.39 is 47.0 Å². The molecule has 16 heteroatoms. The number of likely N-dealkylation sites (tertiary alicyclic amines) is 2. The molecule has 2 N–H and O–H groups in total. The number of ether oxygens (including phenoxy) is 1. The number of imidazole rings is 1. The van der Waals surface area contributed by atoms with Crippen molar-refractivity contribution < 1.29 is 39.1 Å². The van der Waals surface area contributed by atoms with E-state index in [1.807, 2.05) is 17.7 Å². The zero-order valence-corrected chi connectivity index (χ0v) is 25.3. The van der Waals surface area contributed by atoms with Crippen LogP contribution in [-0.4, -0.2) is 106 Å². The average Bonchev–Trinajstić information content (AvgIpc) is 3.70. The minimum absolute atomic E-state index is 0.0668. The van der Waals surface area contributed by atoms with Gasteiger partial charge >= 0.3 is 12.1 Å². The maximum atomic E-state index is 13.7. The second-order valence-electron chi connectivity index (χ2n) is 11.8. The number of non-ortho nitro benzene ring substituents is 1. The highest BCUT2D eigenvalue weighted by Gasteiger charge is 2.60. The second kappa shape index (κ2) is 11.8. The van der Waals surface area contributed by atoms with Gasteiger partial charge in [0, 0.05) is 60.2 Å². The monoisotopic (exact) mass is 640 g/mol. The number of thioether (sulfide) groups is 1. The van der Waals surface area contributed by atoms with Crippen molar-refractivity contribution >= 4 is 41.3 Å². The van der Waals surface area contributed by atoms with Crippen molar-refractivity contribution in [1.82, 2.24) is 24.3 Å². The largest absolute Gasteiger partial charge is 0.477 e. The Kier molecular flexibility index (Phi) is 8.03. The van der Waals surface area contributed by atoms with Crippen LogP contribution in [0, 0.1) is 22.0 Å². The first-order valence-corrected chi connectivity index (χ1v) is 15.4. The number of nitro groups is 1. The first kappa shape index (κ1) is 30.6. The molecule has 6 rings (SSSR count). The standard InChI is InChI=1S/C29H32N6O9S/c1-15-23-22(16(2)36)27(38)34(23)24(28(39)40)25(15)45-20-9-21(26(37)32-10-19(11-32)31-8-7-30-14-31)33(12-20)29(41)44-13-17-3-5-18(6-4-17)35(42)43/h3-8,14-16,19-23,36H,9-13H2,1-2H3,(H,39,40)/t15-,16?,20+,21+,22-,23-/m1/s1. The smallest absolute Gasteiger partial charge is 0.410 e. The van der Waals surface area contributed by atoms with E-state index in [1.54, 1.807) is 17.4 Å². The number of fused-ring (bicyclic) bond motifs is 1. The molecule has 3 fully saturated rings. The molecule has 6 atom stereocenters. The SMILES string of the molecule is CC(O)[C@H]1C(=O)N2C(C(=O)O)=C(S[C@H]3C[C@@H](C(=O)N4CC(n5ccnc5)C4)N(C(=O)OCc4ccc([N+](=O)[O-])cc4)C3)[C@H](C)[C@H]12. The molecule has 15 nitrogen and oxygen atoms in total. The summed E-state index contributed by atoms with van der Waals surface area (Å²) < 4.78 is 7.46. The molecule has 1 aromatic carbocycles. The Hall–Kier alpha value is -4.44. The van der Waals surface area contributed by atoms with E-state index in [9.17, 15) is 39.5 Å². The molecule has 2 aromatic rings. The fourth-order valence-electron chi connectivity index (χ4n) is 6.64. The van der Waals surface area contributed by atoms with Gasteiger partial charge in [0.25, 0.3) is 5.69 Å². The fourth-order valence-corrected chi connectivity index (χ4v) is 8.16. The molecule has 1 unspecified atom stereocenters. The lowest BCUT2D eigenvalue weighted by Crippen LogP contribution is -2.63. The van der Waals surface area contributed by atoms with Crippen molar-refractivity contribution in [1.29, 1.82) is 0 Å². The zero-order valence-electron chi connectivity index (χ0n) is 24.5. The summed E-state index contributed by atoms with van der Waals surface area (Å²) in [6.45, 7) is 4.16. The van der Waals surface area contributed by atoms with Gasteiger partial charge in [0.15, 0.2) is 0 Å². The van der Waals surface area contributed by atoms with Gasteiger partial charge in [-0.15, -0.1) is 11.8 Å². The third-order valence-electron chi connectivity index (χ3n) is 9.02. The predicted octanol–water partition coefficient (Wildman–Crippen LogP) is 1.84. The number of carbonyl (C=O) groups is 4. The quantitative estimate of drug-likeness (QED) is 0.231. The van der Waals surface area contributed by atoms with Crippen LogP contribution in [0.2, 0.25) is 0 Å². The van der Waals surface area contributed by atoms with Crippen LogP contribution in [0.1, 0.15) is 31.9 Å². The van der Waals surface area contributed by atoms with Gasteiger partial charge in [-0.3, -0.25) is 24.6 Å². The van der Waals surface area contributed by atoms with Crippen LogP contribution >= 0.6 is 11.8 Å². The van der Waals surface area contributed by atoms with Crippen molar-refractivity contribution in [2.45, 2.75) is 56.4 Å². The Morgan fingerprint density at radius 1 is 1.20 bits per heavy atom. The summed E-state index contributed by atoms with van der Waals surface area (Å²) in [5, 5.41) is 30.8. The van der Waals surface area contributed by atoms with Gasteiger partial charge in [-0.05, 0) is 31.0 Å². The minimum atomic E-state index is -1.25. The summed E-state index contributed by atoms with van der Waals surface area (Å²) >= 11 is 1.25. The number of carboxylic acid groups (broad SMARTS) is 1. The maximum Gasteiger partial charge on any atom is 0.410 e. The van der Waals surface area contributed by atoms with Crippen LogP contribution in [0.15, 0.2) is 53.6 Å². The van der Waals surface area contributed by atoms with E-state index in [4.69, 9.17) is 4.74 Å². The van der Waals surface area contributed by atoms with Gasteiger partial charge in [0.1, 0.15) is 18.3 Å². The molecular formula is C29H32N6O9S. The number of rotatable bonds is 9. The highest BCUT2D eigenvalue weighted by molar-refractivity contribution is 8.03. The van der Waals surface area contributed by atoms with Crippen LogP contribution in [0.5, 0.6) is 0 Å². The van der Waals surface area contributed by atoms with Gasteiger partial charge in [0.2, 0.25) is 11.8 Å². The third kappa shape index (κ3) is 5.41. The van der Waals surface area contributed by atoms with Gasteiger partial charge in [-0.1, -0.05) is 6.92 Å². The summed E-state index contributed by atoms with van der Waals surface area (Å²) in [4.78, 5) is 71.4. The average molecular weight is 641 g/mol. The number of β-lactam (4-membered cyclic amide) rings is 1. The van der Waals surface area contributed by atoms with Gasteiger partial charge in [-0.25, -0.2) is 14.6 Å². The number of nitrogens with zero attached hydrogens (tertiary/aromatic N) is 6. The van der Waals surface area contributed by atoms with Gasteiger partial charge < -0.3 is 29.3 Å². The molecule has 3 saturated heterocycles. The zero-order chi connectivity index (χ0) is 32.2. The first-order chi connectivity index (χ1) is 21.5. The molecule has 0 radical (unpaired) electrons. The molecule has 0 saturated carbocycles. The molecule has 4 aliphatic rings. The summed E-state index contributed by atoms with van der Waals surface area (Å²) in [6, 6.07) is 4.33.